The molecule has 0 unspecified atom stereocenters. The van der Waals surface area contributed by atoms with E-state index in [4.69, 9.17) is 4.84 Å². The summed E-state index contributed by atoms with van der Waals surface area (Å²) in [5.41, 5.74) is 2.53. The van der Waals surface area contributed by atoms with Crippen LogP contribution in [0.5, 0.6) is 0 Å². The number of aliphatic imine (C=N–C) groups is 1. The lowest BCUT2D eigenvalue weighted by Gasteiger charge is -2.18. The van der Waals surface area contributed by atoms with Crippen LogP contribution in [-0.4, -0.2) is 41.5 Å². The predicted octanol–water partition coefficient (Wildman–Crippen LogP) is 1.40. The van der Waals surface area contributed by atoms with Gasteiger partial charge in [0.25, 0.3) is 0 Å². The average Bonchev–Trinajstić information content (AvgIpc) is 2.78. The van der Waals surface area contributed by atoms with Crippen molar-refractivity contribution >= 4 is 23.0 Å². The van der Waals surface area contributed by atoms with Crippen LogP contribution in [0.25, 0.3) is 0 Å². The maximum Gasteiger partial charge on any atom is 0.434 e. The average molecular weight is 241 g/mol. The Morgan fingerprint density at radius 2 is 2.25 bits per heavy atom. The quantitative estimate of drug-likeness (QED) is 0.597. The molecular weight excluding hydrogens is 226 g/mol. The Labute approximate surface area is 99.2 Å². The number of thioether (sulfide) groups is 1. The number of hydrogen-bond acceptors (Lipinski definition) is 5. The van der Waals surface area contributed by atoms with Crippen molar-refractivity contribution < 1.29 is 9.63 Å². The third kappa shape index (κ3) is 3.98. The maximum atomic E-state index is 11.6. The van der Waals surface area contributed by atoms with E-state index in [0.717, 1.165) is 12.3 Å². The number of hydroxylamine groups is 1. The monoisotopic (exact) mass is 241 g/mol. The number of amidine groups is 1. The lowest BCUT2D eigenvalue weighted by atomic mass is 10.5. The van der Waals surface area contributed by atoms with Gasteiger partial charge in [0.15, 0.2) is 5.17 Å². The molecule has 1 rings (SSSR count). The molecule has 16 heavy (non-hydrogen) atoms. The SMILES string of the molecule is C=CCN(CC=C)C(=O)ONC1=NCCS1. The van der Waals surface area contributed by atoms with Crippen molar-refractivity contribution in [3.8, 4) is 0 Å². The van der Waals surface area contributed by atoms with E-state index in [1.54, 1.807) is 12.2 Å². The molecule has 1 aliphatic rings. The van der Waals surface area contributed by atoms with E-state index in [2.05, 4.69) is 23.6 Å². The van der Waals surface area contributed by atoms with Crippen LogP contribution in [0.1, 0.15) is 0 Å². The minimum Gasteiger partial charge on any atom is -0.322 e. The van der Waals surface area contributed by atoms with Crippen LogP contribution in [-0.2, 0) is 4.84 Å². The highest BCUT2D eigenvalue weighted by molar-refractivity contribution is 8.14. The summed E-state index contributed by atoms with van der Waals surface area (Å²) in [6.45, 7) is 8.74. The number of hydrogen-bond donors (Lipinski definition) is 1. The van der Waals surface area contributed by atoms with E-state index >= 15 is 0 Å². The van der Waals surface area contributed by atoms with Gasteiger partial charge in [0, 0.05) is 18.8 Å². The molecule has 0 fully saturated rings. The standard InChI is InChI=1S/C10H15N3O2S/c1-3-6-13(7-4-2)10(14)15-12-9-11-5-8-16-9/h3-4H,1-2,5-8H2,(H,11,12). The van der Waals surface area contributed by atoms with Crippen molar-refractivity contribution in [2.75, 3.05) is 25.4 Å². The molecule has 0 aromatic heterocycles. The summed E-state index contributed by atoms with van der Waals surface area (Å²) >= 11 is 1.53. The number of nitrogens with one attached hydrogen (secondary N) is 1. The third-order valence-corrected chi connectivity index (χ3v) is 2.64. The van der Waals surface area contributed by atoms with E-state index in [-0.39, 0.29) is 0 Å². The van der Waals surface area contributed by atoms with Crippen LogP contribution < -0.4 is 5.48 Å². The highest BCUT2D eigenvalue weighted by Crippen LogP contribution is 2.08. The molecule has 0 aliphatic carbocycles. The summed E-state index contributed by atoms with van der Waals surface area (Å²) in [7, 11) is 0. The highest BCUT2D eigenvalue weighted by atomic mass is 32.2. The molecule has 0 radical (unpaired) electrons. The Balaban J connectivity index is 2.35. The van der Waals surface area contributed by atoms with E-state index in [0.29, 0.717) is 18.3 Å². The summed E-state index contributed by atoms with van der Waals surface area (Å²) in [5, 5.41) is 0.644. The molecule has 88 valence electrons. The summed E-state index contributed by atoms with van der Waals surface area (Å²) in [6, 6.07) is 0. The first kappa shape index (κ1) is 12.6. The van der Waals surface area contributed by atoms with Gasteiger partial charge in [-0.1, -0.05) is 23.9 Å². The van der Waals surface area contributed by atoms with E-state index in [9.17, 15) is 4.79 Å². The molecule has 1 aliphatic heterocycles. The van der Waals surface area contributed by atoms with Crippen molar-refractivity contribution in [2.45, 2.75) is 0 Å². The lowest BCUT2D eigenvalue weighted by molar-refractivity contribution is 0.0875. The zero-order valence-electron chi connectivity index (χ0n) is 9.02. The Bertz CT molecular complexity index is 294. The van der Waals surface area contributed by atoms with E-state index in [1.807, 2.05) is 0 Å². The maximum absolute atomic E-state index is 11.6. The fourth-order valence-corrected chi connectivity index (χ4v) is 1.74. The van der Waals surface area contributed by atoms with Crippen molar-refractivity contribution in [3.63, 3.8) is 0 Å². The third-order valence-electron chi connectivity index (χ3n) is 1.77. The Kier molecular flexibility index (Phi) is 5.49. The number of nitrogens with zero attached hydrogens (tertiary/aromatic N) is 2. The molecule has 1 heterocycles. The Hall–Kier alpha value is -1.43. The molecule has 0 saturated heterocycles. The van der Waals surface area contributed by atoms with Crippen molar-refractivity contribution in [1.29, 1.82) is 0 Å². The fraction of sp³-hybridized carbons (Fsp3) is 0.400. The van der Waals surface area contributed by atoms with Crippen LogP contribution in [0.3, 0.4) is 0 Å². The minimum absolute atomic E-state index is 0.423. The minimum atomic E-state index is -0.463. The molecule has 0 spiro atoms. The first-order chi connectivity index (χ1) is 7.77. The molecule has 1 amide bonds. The van der Waals surface area contributed by atoms with Crippen molar-refractivity contribution in [3.05, 3.63) is 25.3 Å². The molecule has 0 bridgehead atoms. The number of carbonyl (C=O) groups is 1. The number of amides is 1. The summed E-state index contributed by atoms with van der Waals surface area (Å²) in [6.07, 6.45) is 2.80. The highest BCUT2D eigenvalue weighted by Gasteiger charge is 2.14. The Morgan fingerprint density at radius 1 is 1.56 bits per heavy atom. The molecule has 6 heteroatoms. The van der Waals surface area contributed by atoms with Crippen LogP contribution in [0.15, 0.2) is 30.3 Å². The zero-order chi connectivity index (χ0) is 11.8. The molecule has 1 N–H and O–H groups in total. The van der Waals surface area contributed by atoms with Gasteiger partial charge in [-0.15, -0.1) is 13.2 Å². The molecule has 0 aromatic rings. The van der Waals surface area contributed by atoms with Crippen LogP contribution in [0, 0.1) is 0 Å². The normalized spacial score (nSPS) is 13.9. The number of rotatable bonds is 4. The first-order valence-electron chi connectivity index (χ1n) is 4.88. The smallest absolute Gasteiger partial charge is 0.322 e. The lowest BCUT2D eigenvalue weighted by Crippen LogP contribution is -2.36. The molecule has 0 saturated carbocycles. The van der Waals surface area contributed by atoms with Gasteiger partial charge >= 0.3 is 6.09 Å². The van der Waals surface area contributed by atoms with Gasteiger partial charge in [0.2, 0.25) is 0 Å². The van der Waals surface area contributed by atoms with Gasteiger partial charge in [0.05, 0.1) is 6.54 Å². The topological polar surface area (TPSA) is 53.9 Å². The number of carbonyl (C=O) groups excluding carboxylic acids is 1. The van der Waals surface area contributed by atoms with Crippen LogP contribution in [0.2, 0.25) is 0 Å². The summed E-state index contributed by atoms with van der Waals surface area (Å²) in [5.74, 6) is 0.920. The second-order valence-corrected chi connectivity index (χ2v) is 4.07. The van der Waals surface area contributed by atoms with Gasteiger partial charge < -0.3 is 4.84 Å². The van der Waals surface area contributed by atoms with E-state index in [1.165, 1.54) is 16.7 Å². The van der Waals surface area contributed by atoms with Gasteiger partial charge in [-0.05, 0) is 0 Å². The van der Waals surface area contributed by atoms with Gasteiger partial charge in [-0.25, -0.2) is 4.79 Å². The second-order valence-electron chi connectivity index (χ2n) is 2.99. The molecular formula is C10H15N3O2S. The summed E-state index contributed by atoms with van der Waals surface area (Å²) < 4.78 is 0. The zero-order valence-corrected chi connectivity index (χ0v) is 9.83. The van der Waals surface area contributed by atoms with Gasteiger partial charge in [-0.3, -0.25) is 9.89 Å². The Morgan fingerprint density at radius 3 is 2.75 bits per heavy atom. The van der Waals surface area contributed by atoms with Crippen molar-refractivity contribution in [1.82, 2.24) is 10.4 Å². The van der Waals surface area contributed by atoms with E-state index < -0.39 is 6.09 Å². The molecule has 0 aromatic carbocycles. The molecule has 5 nitrogen and oxygen atoms in total. The fourth-order valence-electron chi connectivity index (χ4n) is 1.08. The summed E-state index contributed by atoms with van der Waals surface area (Å²) in [4.78, 5) is 22.0. The second kappa shape index (κ2) is 6.95. The predicted molar refractivity (Wildman–Crippen MR) is 66.3 cm³/mol. The van der Waals surface area contributed by atoms with Gasteiger partial charge in [0.1, 0.15) is 0 Å². The van der Waals surface area contributed by atoms with Gasteiger partial charge in [-0.2, -0.15) is 5.48 Å². The van der Waals surface area contributed by atoms with Crippen LogP contribution >= 0.6 is 11.8 Å². The first-order valence-corrected chi connectivity index (χ1v) is 5.87. The molecule has 0 atom stereocenters. The van der Waals surface area contributed by atoms with Crippen molar-refractivity contribution in [2.24, 2.45) is 4.99 Å². The largest absolute Gasteiger partial charge is 0.434 e. The van der Waals surface area contributed by atoms with Crippen LogP contribution in [0.4, 0.5) is 4.79 Å².